The van der Waals surface area contributed by atoms with Crippen LogP contribution >= 0.6 is 0 Å². The van der Waals surface area contributed by atoms with Crippen molar-refractivity contribution in [3.63, 3.8) is 0 Å². The first-order chi connectivity index (χ1) is 17.0. The third-order valence-corrected chi connectivity index (χ3v) is 11.3. The molecule has 4 fully saturated rings. The van der Waals surface area contributed by atoms with Crippen molar-refractivity contribution in [2.24, 2.45) is 29.1 Å². The van der Waals surface area contributed by atoms with Gasteiger partial charge in [-0.1, -0.05) is 32.1 Å². The quantitative estimate of drug-likeness (QED) is 0.614. The van der Waals surface area contributed by atoms with Crippen molar-refractivity contribution in [2.75, 3.05) is 26.8 Å². The van der Waals surface area contributed by atoms with Crippen molar-refractivity contribution in [1.29, 1.82) is 0 Å². The van der Waals surface area contributed by atoms with Gasteiger partial charge in [-0.2, -0.15) is 0 Å². The largest absolute Gasteiger partial charge is 0.504 e. The van der Waals surface area contributed by atoms with E-state index < -0.39 is 5.60 Å². The van der Waals surface area contributed by atoms with Gasteiger partial charge in [0.1, 0.15) is 11.7 Å². The zero-order chi connectivity index (χ0) is 23.7. The summed E-state index contributed by atoms with van der Waals surface area (Å²) in [5.74, 6) is 3.24. The van der Waals surface area contributed by atoms with Gasteiger partial charge in [-0.25, -0.2) is 0 Å². The van der Waals surface area contributed by atoms with Crippen LogP contribution in [0.3, 0.4) is 0 Å². The molecule has 1 saturated heterocycles. The van der Waals surface area contributed by atoms with Gasteiger partial charge < -0.3 is 19.3 Å². The van der Waals surface area contributed by atoms with E-state index in [1.54, 1.807) is 0 Å². The van der Waals surface area contributed by atoms with E-state index in [0.717, 1.165) is 44.1 Å². The van der Waals surface area contributed by atoms with Gasteiger partial charge in [0.2, 0.25) is 0 Å². The molecule has 3 saturated carbocycles. The Bertz CT molecular complexity index is 1110. The highest BCUT2D eigenvalue weighted by atomic mass is 16.6. The molecule has 1 N–H and O–H groups in total. The number of benzene rings is 1. The predicted octanol–water partition coefficient (Wildman–Crippen LogP) is 4.45. The van der Waals surface area contributed by atoms with Crippen molar-refractivity contribution in [1.82, 2.24) is 4.90 Å². The molecule has 2 unspecified atom stereocenters. The topological polar surface area (TPSA) is 51.2 Å². The monoisotopic (exact) mass is 477 g/mol. The predicted molar refractivity (Wildman–Crippen MR) is 133 cm³/mol. The molecule has 2 spiro atoms. The molecule has 5 nitrogen and oxygen atoms in total. The van der Waals surface area contributed by atoms with E-state index >= 15 is 0 Å². The lowest BCUT2D eigenvalue weighted by Crippen LogP contribution is -2.82. The molecule has 2 aliphatic heterocycles. The first-order valence-corrected chi connectivity index (χ1v) is 14.1. The fourth-order valence-corrected chi connectivity index (χ4v) is 10.1. The van der Waals surface area contributed by atoms with Gasteiger partial charge in [-0.05, 0) is 74.5 Å². The number of hydrogen-bond acceptors (Lipinski definition) is 5. The van der Waals surface area contributed by atoms with Crippen LogP contribution in [0.15, 0.2) is 24.3 Å². The second-order valence-electron chi connectivity index (χ2n) is 13.1. The summed E-state index contributed by atoms with van der Waals surface area (Å²) in [5.41, 5.74) is 2.08. The van der Waals surface area contributed by atoms with Gasteiger partial charge in [-0.3, -0.25) is 4.90 Å². The van der Waals surface area contributed by atoms with Crippen molar-refractivity contribution < 1.29 is 19.3 Å². The number of rotatable bonds is 6. The fourth-order valence-electron chi connectivity index (χ4n) is 10.1. The van der Waals surface area contributed by atoms with E-state index in [-0.39, 0.29) is 29.0 Å². The van der Waals surface area contributed by atoms with Crippen LogP contribution in [0.25, 0.3) is 0 Å². The van der Waals surface area contributed by atoms with Crippen LogP contribution in [0.5, 0.6) is 11.5 Å². The minimum Gasteiger partial charge on any atom is -0.504 e. The second kappa shape index (κ2) is 6.85. The molecule has 2 heterocycles. The minimum atomic E-state index is -0.520. The summed E-state index contributed by atoms with van der Waals surface area (Å²) in [4.78, 5) is 2.86. The Morgan fingerprint density at radius 1 is 1.17 bits per heavy atom. The molecule has 9 rings (SSSR count). The van der Waals surface area contributed by atoms with Crippen molar-refractivity contribution in [3.05, 3.63) is 35.4 Å². The highest BCUT2D eigenvalue weighted by Gasteiger charge is 2.83. The maximum absolute atomic E-state index is 11.0. The maximum atomic E-state index is 11.0. The van der Waals surface area contributed by atoms with Crippen LogP contribution in [-0.4, -0.2) is 60.7 Å². The summed E-state index contributed by atoms with van der Waals surface area (Å²) in [6.07, 6.45) is 12.3. The van der Waals surface area contributed by atoms with Crippen LogP contribution in [0.2, 0.25) is 0 Å². The first-order valence-electron chi connectivity index (χ1n) is 14.1. The maximum Gasteiger partial charge on any atom is 0.165 e. The van der Waals surface area contributed by atoms with Crippen molar-refractivity contribution in [2.45, 2.75) is 81.6 Å². The van der Waals surface area contributed by atoms with Crippen LogP contribution in [0.1, 0.15) is 57.1 Å². The van der Waals surface area contributed by atoms with Crippen LogP contribution in [0.4, 0.5) is 0 Å². The number of nitrogens with zero attached hydrogens (tertiary/aromatic N) is 1. The molecular weight excluding hydrogens is 438 g/mol. The van der Waals surface area contributed by atoms with Gasteiger partial charge in [0.15, 0.2) is 11.5 Å². The number of phenols is 1. The Kier molecular flexibility index (Phi) is 4.21. The molecule has 35 heavy (non-hydrogen) atoms. The number of ether oxygens (including phenoxy) is 3. The highest BCUT2D eigenvalue weighted by molar-refractivity contribution is 5.65. The molecule has 1 aromatic carbocycles. The molecule has 8 atom stereocenters. The summed E-state index contributed by atoms with van der Waals surface area (Å²) >= 11 is 0. The molecule has 0 amide bonds. The van der Waals surface area contributed by atoms with Crippen molar-refractivity contribution in [3.8, 4) is 11.5 Å². The number of piperidine rings is 1. The molecule has 188 valence electrons. The number of likely N-dealkylation sites (tertiary alicyclic amines) is 1. The normalized spacial score (nSPS) is 46.1. The Labute approximate surface area is 208 Å². The average Bonchev–Trinajstić information content (AvgIpc) is 3.42. The lowest BCUT2D eigenvalue weighted by Gasteiger charge is -2.73. The fraction of sp³-hybridized carbons (Fsp3) is 0.733. The number of hydrogen-bond donors (Lipinski definition) is 1. The van der Waals surface area contributed by atoms with Crippen LogP contribution < -0.4 is 4.74 Å². The molecule has 0 aromatic heterocycles. The summed E-state index contributed by atoms with van der Waals surface area (Å²) in [5, 5.41) is 11.0. The van der Waals surface area contributed by atoms with Gasteiger partial charge in [0.05, 0.1) is 11.5 Å². The Morgan fingerprint density at radius 2 is 2.03 bits per heavy atom. The number of phenolic OH excluding ortho intramolecular Hbond substituents is 1. The van der Waals surface area contributed by atoms with Crippen molar-refractivity contribution >= 4 is 0 Å². The standard InChI is InChI=1S/C30H39NO4/c1-17(2)16-34-22-9-7-20-25(22)30(33-3)11-10-28(20)23-14-19-6-8-21(32)26-24(19)29(28,27(30)35-26)12-13-31(23)15-18-4-5-18/h6,8,10-11,17-18,20,22-23,25,27,32H,4-5,7,9,12-16H2,1-3H3/t20?,22-,23-,25?,27+,28-,29+,30-/m1/s1. The average molecular weight is 478 g/mol. The van der Waals surface area contributed by atoms with E-state index in [1.165, 1.54) is 36.9 Å². The minimum absolute atomic E-state index is 0.0116. The van der Waals surface area contributed by atoms with E-state index in [1.807, 2.05) is 13.2 Å². The van der Waals surface area contributed by atoms with E-state index in [4.69, 9.17) is 14.2 Å². The summed E-state index contributed by atoms with van der Waals surface area (Å²) in [7, 11) is 1.88. The highest BCUT2D eigenvalue weighted by Crippen LogP contribution is 2.78. The molecule has 4 bridgehead atoms. The lowest BCUT2D eigenvalue weighted by molar-refractivity contribution is -0.251. The SMILES string of the molecule is CO[C@]12C=C[C@@]3(C4CC[C@@H](OCC(C)C)C41)[C@H]1Cc4ccc(O)c5c4[C@@]3(CCN1CC1CC1)[C@@H]2O5. The van der Waals surface area contributed by atoms with Crippen LogP contribution in [0, 0.1) is 29.1 Å². The zero-order valence-corrected chi connectivity index (χ0v) is 21.3. The number of methoxy groups -OCH3 is 1. The van der Waals surface area contributed by atoms with Gasteiger partial charge in [0.25, 0.3) is 0 Å². The van der Waals surface area contributed by atoms with Crippen LogP contribution in [-0.2, 0) is 21.3 Å². The van der Waals surface area contributed by atoms with Gasteiger partial charge >= 0.3 is 0 Å². The Morgan fingerprint density at radius 3 is 2.80 bits per heavy atom. The summed E-state index contributed by atoms with van der Waals surface area (Å²) in [6, 6.07) is 4.54. The van der Waals surface area contributed by atoms with Gasteiger partial charge in [0, 0.05) is 43.2 Å². The molecule has 0 radical (unpaired) electrons. The second-order valence-corrected chi connectivity index (χ2v) is 13.1. The molecule has 8 aliphatic rings. The molecule has 6 aliphatic carbocycles. The first kappa shape index (κ1) is 21.5. The summed E-state index contributed by atoms with van der Waals surface area (Å²) < 4.78 is 20.2. The van der Waals surface area contributed by atoms with E-state index in [0.29, 0.717) is 23.6 Å². The zero-order valence-electron chi connectivity index (χ0n) is 21.3. The van der Waals surface area contributed by atoms with E-state index in [2.05, 4.69) is 37.0 Å². The number of aromatic hydroxyl groups is 1. The smallest absolute Gasteiger partial charge is 0.165 e. The molecule has 1 aromatic rings. The van der Waals surface area contributed by atoms with E-state index in [9.17, 15) is 5.11 Å². The molecular formula is C30H39NO4. The third kappa shape index (κ3) is 2.34. The lowest BCUT2D eigenvalue weighted by atomic mass is 9.34. The summed E-state index contributed by atoms with van der Waals surface area (Å²) in [6.45, 7) is 7.63. The Balaban J connectivity index is 1.35. The third-order valence-electron chi connectivity index (χ3n) is 11.3. The molecule has 5 heteroatoms. The van der Waals surface area contributed by atoms with Gasteiger partial charge in [-0.15, -0.1) is 0 Å². The Hall–Kier alpha value is -1.56.